The molecule has 2 saturated heterocycles. The van der Waals surface area contributed by atoms with Crippen LogP contribution in [0, 0.1) is 25.7 Å². The van der Waals surface area contributed by atoms with Gasteiger partial charge in [-0.1, -0.05) is 17.2 Å². The molecule has 2 fully saturated rings. The molecule has 0 saturated carbocycles. The summed E-state index contributed by atoms with van der Waals surface area (Å²) in [6, 6.07) is 5.82. The number of carbonyl (C=O) groups excluding carboxylic acids is 2. The van der Waals surface area contributed by atoms with Crippen molar-refractivity contribution in [2.45, 2.75) is 39.5 Å². The Morgan fingerprint density at radius 3 is 2.07 bits per heavy atom. The highest BCUT2D eigenvalue weighted by atomic mass is 16.4. The minimum absolute atomic E-state index is 0.00104. The standard InChI is InChI=1S/C21H28N2O4/c1-14-9-15(2)11-18(10-14)20(25)22-7-3-5-16(12-22)19(24)23-8-4-6-17(13-23)21(26)27/h9-11,16-17H,3-8,12-13H2,1-2H3,(H,26,27)/t16?,17-/m0/s1. The van der Waals surface area contributed by atoms with Gasteiger partial charge in [-0.2, -0.15) is 0 Å². The first-order chi connectivity index (χ1) is 12.8. The third kappa shape index (κ3) is 4.49. The van der Waals surface area contributed by atoms with Crippen LogP contribution < -0.4 is 0 Å². The molecule has 2 atom stereocenters. The number of amides is 2. The van der Waals surface area contributed by atoms with Crippen LogP contribution in [0.25, 0.3) is 0 Å². The molecular formula is C21H28N2O4. The Bertz CT molecular complexity index is 725. The average Bonchev–Trinajstić information content (AvgIpc) is 2.66. The van der Waals surface area contributed by atoms with Crippen LogP contribution in [0.2, 0.25) is 0 Å². The molecule has 0 radical (unpaired) electrons. The van der Waals surface area contributed by atoms with Gasteiger partial charge in [-0.25, -0.2) is 0 Å². The molecule has 0 spiro atoms. The molecule has 1 unspecified atom stereocenters. The second-order valence-corrected chi connectivity index (χ2v) is 7.93. The van der Waals surface area contributed by atoms with Crippen LogP contribution in [-0.2, 0) is 9.59 Å². The van der Waals surface area contributed by atoms with Crippen molar-refractivity contribution in [1.82, 2.24) is 9.80 Å². The van der Waals surface area contributed by atoms with Crippen molar-refractivity contribution in [2.24, 2.45) is 11.8 Å². The van der Waals surface area contributed by atoms with Crippen molar-refractivity contribution in [1.29, 1.82) is 0 Å². The molecule has 3 rings (SSSR count). The van der Waals surface area contributed by atoms with E-state index in [2.05, 4.69) is 0 Å². The van der Waals surface area contributed by atoms with E-state index >= 15 is 0 Å². The summed E-state index contributed by atoms with van der Waals surface area (Å²) in [6.45, 7) is 5.93. The normalized spacial score (nSPS) is 23.2. The lowest BCUT2D eigenvalue weighted by Gasteiger charge is -2.37. The van der Waals surface area contributed by atoms with E-state index in [9.17, 15) is 19.5 Å². The van der Waals surface area contributed by atoms with Crippen LogP contribution in [0.5, 0.6) is 0 Å². The zero-order chi connectivity index (χ0) is 19.6. The Kier molecular flexibility index (Phi) is 5.82. The van der Waals surface area contributed by atoms with Gasteiger partial charge in [-0.05, 0) is 51.7 Å². The van der Waals surface area contributed by atoms with E-state index in [4.69, 9.17) is 0 Å². The fraction of sp³-hybridized carbons (Fsp3) is 0.571. The highest BCUT2D eigenvalue weighted by Gasteiger charge is 2.35. The zero-order valence-electron chi connectivity index (χ0n) is 16.1. The summed E-state index contributed by atoms with van der Waals surface area (Å²) in [5.74, 6) is -1.57. The highest BCUT2D eigenvalue weighted by molar-refractivity contribution is 5.95. The Morgan fingerprint density at radius 2 is 1.44 bits per heavy atom. The molecule has 0 bridgehead atoms. The number of likely N-dealkylation sites (tertiary alicyclic amines) is 2. The number of hydrogen-bond donors (Lipinski definition) is 1. The Hall–Kier alpha value is -2.37. The number of carboxylic acid groups (broad SMARTS) is 1. The number of aryl methyl sites for hydroxylation is 2. The van der Waals surface area contributed by atoms with Crippen LogP contribution in [0.1, 0.15) is 47.2 Å². The van der Waals surface area contributed by atoms with Crippen LogP contribution in [0.3, 0.4) is 0 Å². The number of hydrogen-bond acceptors (Lipinski definition) is 3. The Morgan fingerprint density at radius 1 is 0.889 bits per heavy atom. The summed E-state index contributed by atoms with van der Waals surface area (Å²) in [5, 5.41) is 9.24. The largest absolute Gasteiger partial charge is 0.481 e. The number of rotatable bonds is 3. The summed E-state index contributed by atoms with van der Waals surface area (Å²) >= 11 is 0. The van der Waals surface area contributed by atoms with Gasteiger partial charge in [0.05, 0.1) is 11.8 Å². The molecule has 1 aromatic carbocycles. The van der Waals surface area contributed by atoms with Gasteiger partial charge in [0.25, 0.3) is 5.91 Å². The highest BCUT2D eigenvalue weighted by Crippen LogP contribution is 2.24. The van der Waals surface area contributed by atoms with Gasteiger partial charge in [-0.15, -0.1) is 0 Å². The maximum absolute atomic E-state index is 12.9. The lowest BCUT2D eigenvalue weighted by Crippen LogP contribution is -2.50. The maximum Gasteiger partial charge on any atom is 0.308 e. The predicted molar refractivity (Wildman–Crippen MR) is 101 cm³/mol. The molecule has 6 nitrogen and oxygen atoms in total. The van der Waals surface area contributed by atoms with Crippen LogP contribution in [-0.4, -0.2) is 58.9 Å². The van der Waals surface area contributed by atoms with Gasteiger partial charge >= 0.3 is 5.97 Å². The molecule has 27 heavy (non-hydrogen) atoms. The van der Waals surface area contributed by atoms with Crippen LogP contribution in [0.15, 0.2) is 18.2 Å². The van der Waals surface area contributed by atoms with Crippen LogP contribution >= 0.6 is 0 Å². The quantitative estimate of drug-likeness (QED) is 0.884. The van der Waals surface area contributed by atoms with Crippen molar-refractivity contribution in [3.8, 4) is 0 Å². The third-order valence-corrected chi connectivity index (χ3v) is 5.61. The Balaban J connectivity index is 1.67. The van der Waals surface area contributed by atoms with Gasteiger partial charge in [-0.3, -0.25) is 14.4 Å². The van der Waals surface area contributed by atoms with Gasteiger partial charge in [0.15, 0.2) is 0 Å². The minimum Gasteiger partial charge on any atom is -0.481 e. The molecule has 2 heterocycles. The van der Waals surface area contributed by atoms with Gasteiger partial charge in [0, 0.05) is 31.7 Å². The fourth-order valence-electron chi connectivity index (χ4n) is 4.28. The number of carbonyl (C=O) groups is 3. The van der Waals surface area contributed by atoms with E-state index in [-0.39, 0.29) is 24.3 Å². The van der Waals surface area contributed by atoms with Crippen LogP contribution in [0.4, 0.5) is 0 Å². The van der Waals surface area contributed by atoms with Gasteiger partial charge in [0.2, 0.25) is 5.91 Å². The maximum atomic E-state index is 12.9. The Labute approximate surface area is 160 Å². The molecule has 146 valence electrons. The third-order valence-electron chi connectivity index (χ3n) is 5.61. The number of piperidine rings is 2. The smallest absolute Gasteiger partial charge is 0.308 e. The SMILES string of the molecule is Cc1cc(C)cc(C(=O)N2CCCC(C(=O)N3CCC[C@H](C(=O)O)C3)C2)c1. The number of carboxylic acids is 1. The van der Waals surface area contributed by atoms with Crippen molar-refractivity contribution in [3.63, 3.8) is 0 Å². The second kappa shape index (κ2) is 8.11. The van der Waals surface area contributed by atoms with Gasteiger partial charge < -0.3 is 14.9 Å². The molecule has 0 aromatic heterocycles. The number of aliphatic carboxylic acids is 1. The van der Waals surface area contributed by atoms with E-state index in [1.807, 2.05) is 32.0 Å². The van der Waals surface area contributed by atoms with Gasteiger partial charge in [0.1, 0.15) is 0 Å². The zero-order valence-corrected chi connectivity index (χ0v) is 16.1. The first-order valence-electron chi connectivity index (χ1n) is 9.74. The molecule has 2 aliphatic heterocycles. The van der Waals surface area contributed by atoms with Crippen molar-refractivity contribution in [2.75, 3.05) is 26.2 Å². The summed E-state index contributed by atoms with van der Waals surface area (Å²) in [7, 11) is 0. The fourth-order valence-corrected chi connectivity index (χ4v) is 4.28. The first-order valence-corrected chi connectivity index (χ1v) is 9.74. The molecule has 2 amide bonds. The topological polar surface area (TPSA) is 77.9 Å². The van der Waals surface area contributed by atoms with E-state index < -0.39 is 11.9 Å². The summed E-state index contributed by atoms with van der Waals surface area (Å²) in [4.78, 5) is 40.6. The molecule has 1 aromatic rings. The van der Waals surface area contributed by atoms with E-state index in [1.54, 1.807) is 9.80 Å². The second-order valence-electron chi connectivity index (χ2n) is 7.93. The van der Waals surface area contributed by atoms with E-state index in [0.717, 1.165) is 30.4 Å². The van der Waals surface area contributed by atoms with E-state index in [0.29, 0.717) is 31.6 Å². The predicted octanol–water partition coefficient (Wildman–Crippen LogP) is 2.48. The average molecular weight is 372 g/mol. The number of nitrogens with zero attached hydrogens (tertiary/aromatic N) is 2. The summed E-state index contributed by atoms with van der Waals surface area (Å²) in [6.07, 6.45) is 2.90. The monoisotopic (exact) mass is 372 g/mol. The molecule has 0 aliphatic carbocycles. The van der Waals surface area contributed by atoms with Crippen molar-refractivity contribution < 1.29 is 19.5 Å². The molecule has 2 aliphatic rings. The van der Waals surface area contributed by atoms with Crippen molar-refractivity contribution >= 4 is 17.8 Å². The molecular weight excluding hydrogens is 344 g/mol. The van der Waals surface area contributed by atoms with E-state index in [1.165, 1.54) is 0 Å². The molecule has 1 N–H and O–H groups in total. The molecule has 6 heteroatoms. The number of benzene rings is 1. The summed E-state index contributed by atoms with van der Waals surface area (Å²) in [5.41, 5.74) is 2.77. The minimum atomic E-state index is -0.831. The first kappa shape index (κ1) is 19.4. The van der Waals surface area contributed by atoms with Crippen molar-refractivity contribution in [3.05, 3.63) is 34.9 Å². The lowest BCUT2D eigenvalue weighted by atomic mass is 9.92. The lowest BCUT2D eigenvalue weighted by molar-refractivity contribution is -0.147. The summed E-state index contributed by atoms with van der Waals surface area (Å²) < 4.78 is 0.